The summed E-state index contributed by atoms with van der Waals surface area (Å²) in [5, 5.41) is 3.32. The van der Waals surface area contributed by atoms with Crippen molar-refractivity contribution in [2.24, 2.45) is 0 Å². The van der Waals surface area contributed by atoms with Crippen molar-refractivity contribution in [3.63, 3.8) is 0 Å². The van der Waals surface area contributed by atoms with Crippen molar-refractivity contribution in [1.82, 2.24) is 5.32 Å². The monoisotopic (exact) mass is 437 g/mol. The van der Waals surface area contributed by atoms with Crippen LogP contribution in [0, 0.1) is 0 Å². The summed E-state index contributed by atoms with van der Waals surface area (Å²) in [5.74, 6) is 0.821. The van der Waals surface area contributed by atoms with Gasteiger partial charge in [0.05, 0.1) is 32.7 Å². The molecule has 1 N–H and O–H groups in total. The standard InChI is InChI=1S/C25H27NO6/c1-5-31-25(28)22-14(2)26-17-11-16(19-7-6-10-32-19)12-18(27)24(17)23(22)15-8-9-20(29-3)21(13-15)30-4/h6-10,13,16,23,26H,5,11-12H2,1-4H3/t16-,23-/m0/s1. The summed E-state index contributed by atoms with van der Waals surface area (Å²) >= 11 is 0. The zero-order valence-electron chi connectivity index (χ0n) is 18.7. The average Bonchev–Trinajstić information content (AvgIpc) is 3.32. The van der Waals surface area contributed by atoms with Gasteiger partial charge in [-0.2, -0.15) is 0 Å². The van der Waals surface area contributed by atoms with Gasteiger partial charge in [0.25, 0.3) is 0 Å². The first kappa shape index (κ1) is 21.7. The fraction of sp³-hybridized carbons (Fsp3) is 0.360. The lowest BCUT2D eigenvalue weighted by Crippen LogP contribution is -2.36. The zero-order valence-corrected chi connectivity index (χ0v) is 18.7. The van der Waals surface area contributed by atoms with Crippen molar-refractivity contribution in [3.05, 3.63) is 70.5 Å². The van der Waals surface area contributed by atoms with Crippen molar-refractivity contribution in [1.29, 1.82) is 0 Å². The van der Waals surface area contributed by atoms with Gasteiger partial charge in [-0.1, -0.05) is 6.07 Å². The predicted molar refractivity (Wildman–Crippen MR) is 117 cm³/mol. The van der Waals surface area contributed by atoms with Gasteiger partial charge >= 0.3 is 5.97 Å². The van der Waals surface area contributed by atoms with E-state index in [9.17, 15) is 9.59 Å². The molecule has 4 rings (SSSR count). The molecule has 2 atom stereocenters. The van der Waals surface area contributed by atoms with Gasteiger partial charge in [-0.05, 0) is 50.1 Å². The maximum absolute atomic E-state index is 13.5. The lowest BCUT2D eigenvalue weighted by Gasteiger charge is -2.36. The number of hydrogen-bond acceptors (Lipinski definition) is 7. The number of nitrogens with one attached hydrogen (secondary N) is 1. The minimum absolute atomic E-state index is 0.0192. The number of benzene rings is 1. The molecule has 2 aliphatic rings. The molecule has 1 aliphatic heterocycles. The van der Waals surface area contributed by atoms with Crippen LogP contribution in [0.1, 0.15) is 49.8 Å². The van der Waals surface area contributed by atoms with E-state index in [1.165, 1.54) is 0 Å². The second kappa shape index (κ2) is 8.94. The molecule has 7 nitrogen and oxygen atoms in total. The number of esters is 1. The Kier molecular flexibility index (Phi) is 6.08. The Balaban J connectivity index is 1.84. The number of carbonyl (C=O) groups excluding carboxylic acids is 2. The smallest absolute Gasteiger partial charge is 0.336 e. The molecule has 0 unspecified atom stereocenters. The number of ether oxygens (including phenoxy) is 3. The van der Waals surface area contributed by atoms with Crippen LogP contribution in [0.3, 0.4) is 0 Å². The van der Waals surface area contributed by atoms with Crippen molar-refractivity contribution in [2.45, 2.75) is 38.5 Å². The van der Waals surface area contributed by atoms with Crippen LogP contribution in [-0.2, 0) is 14.3 Å². The van der Waals surface area contributed by atoms with Gasteiger partial charge in [-0.25, -0.2) is 4.79 Å². The molecule has 0 bridgehead atoms. The Morgan fingerprint density at radius 3 is 2.59 bits per heavy atom. The molecular weight excluding hydrogens is 410 g/mol. The van der Waals surface area contributed by atoms with E-state index in [4.69, 9.17) is 18.6 Å². The summed E-state index contributed by atoms with van der Waals surface area (Å²) in [4.78, 5) is 26.4. The maximum atomic E-state index is 13.5. The molecule has 168 valence electrons. The fourth-order valence-electron chi connectivity index (χ4n) is 4.61. The van der Waals surface area contributed by atoms with E-state index in [1.54, 1.807) is 33.5 Å². The van der Waals surface area contributed by atoms with Gasteiger partial charge in [-0.15, -0.1) is 0 Å². The van der Waals surface area contributed by atoms with Gasteiger partial charge in [0.1, 0.15) is 5.76 Å². The highest BCUT2D eigenvalue weighted by molar-refractivity contribution is 6.04. The number of allylic oxidation sites excluding steroid dienone is 3. The largest absolute Gasteiger partial charge is 0.493 e. The van der Waals surface area contributed by atoms with Crippen molar-refractivity contribution in [3.8, 4) is 11.5 Å². The summed E-state index contributed by atoms with van der Waals surface area (Å²) in [6.45, 7) is 3.85. The van der Waals surface area contributed by atoms with E-state index >= 15 is 0 Å². The third-order valence-electron chi connectivity index (χ3n) is 6.01. The van der Waals surface area contributed by atoms with Gasteiger partial charge < -0.3 is 23.9 Å². The van der Waals surface area contributed by atoms with Gasteiger partial charge in [-0.3, -0.25) is 4.79 Å². The highest BCUT2D eigenvalue weighted by Gasteiger charge is 2.42. The molecule has 1 aliphatic carbocycles. The Bertz CT molecular complexity index is 1100. The summed E-state index contributed by atoms with van der Waals surface area (Å²) in [6, 6.07) is 9.19. The van der Waals surface area contributed by atoms with E-state index in [-0.39, 0.29) is 18.3 Å². The molecule has 2 aromatic rings. The fourth-order valence-corrected chi connectivity index (χ4v) is 4.61. The van der Waals surface area contributed by atoms with Crippen LogP contribution < -0.4 is 14.8 Å². The SMILES string of the molecule is CCOC(=O)C1=C(C)NC2=C(C(=O)C[C@@H](c3ccco3)C2)[C@H]1c1ccc(OC)c(OC)c1. The minimum Gasteiger partial charge on any atom is -0.493 e. The topological polar surface area (TPSA) is 87.0 Å². The van der Waals surface area contributed by atoms with E-state index in [2.05, 4.69) is 5.32 Å². The minimum atomic E-state index is -0.560. The third kappa shape index (κ3) is 3.79. The van der Waals surface area contributed by atoms with Gasteiger partial charge in [0.2, 0.25) is 0 Å². The molecular formula is C25H27NO6. The summed E-state index contributed by atoms with van der Waals surface area (Å²) in [6.07, 6.45) is 2.55. The molecule has 7 heteroatoms. The highest BCUT2D eigenvalue weighted by Crippen LogP contribution is 2.47. The summed E-state index contributed by atoms with van der Waals surface area (Å²) < 4.78 is 21.8. The van der Waals surface area contributed by atoms with Gasteiger partial charge in [0.15, 0.2) is 17.3 Å². The van der Waals surface area contributed by atoms with Crippen LogP contribution in [0.25, 0.3) is 0 Å². The van der Waals surface area contributed by atoms with Crippen LogP contribution in [-0.4, -0.2) is 32.6 Å². The molecule has 0 spiro atoms. The number of rotatable bonds is 6. The van der Waals surface area contributed by atoms with E-state index in [0.29, 0.717) is 41.2 Å². The van der Waals surface area contributed by atoms with E-state index in [0.717, 1.165) is 17.0 Å². The molecule has 1 aromatic heterocycles. The molecule has 0 radical (unpaired) electrons. The van der Waals surface area contributed by atoms with E-state index in [1.807, 2.05) is 31.2 Å². The van der Waals surface area contributed by atoms with Crippen LogP contribution >= 0.6 is 0 Å². The molecule has 2 heterocycles. The summed E-state index contributed by atoms with van der Waals surface area (Å²) in [5.41, 5.74) is 3.28. The van der Waals surface area contributed by atoms with Gasteiger partial charge in [0, 0.05) is 35.2 Å². The number of ketones is 1. The van der Waals surface area contributed by atoms with Crippen LogP contribution in [0.15, 0.2) is 63.6 Å². The van der Waals surface area contributed by atoms with Crippen LogP contribution in [0.4, 0.5) is 0 Å². The second-order valence-corrected chi connectivity index (χ2v) is 7.87. The molecule has 0 saturated carbocycles. The summed E-state index contributed by atoms with van der Waals surface area (Å²) in [7, 11) is 3.12. The van der Waals surface area contributed by atoms with Crippen molar-refractivity contribution in [2.75, 3.05) is 20.8 Å². The number of furan rings is 1. The van der Waals surface area contributed by atoms with Crippen LogP contribution in [0.2, 0.25) is 0 Å². The number of hydrogen-bond donors (Lipinski definition) is 1. The zero-order chi connectivity index (χ0) is 22.8. The molecule has 0 saturated heterocycles. The Hall–Kier alpha value is -3.48. The van der Waals surface area contributed by atoms with Crippen LogP contribution in [0.5, 0.6) is 11.5 Å². The molecule has 0 fully saturated rings. The number of methoxy groups -OCH3 is 2. The Labute approximate surface area is 187 Å². The quantitative estimate of drug-likeness (QED) is 0.677. The highest BCUT2D eigenvalue weighted by atomic mass is 16.5. The molecule has 1 aromatic carbocycles. The predicted octanol–water partition coefficient (Wildman–Crippen LogP) is 4.22. The molecule has 32 heavy (non-hydrogen) atoms. The number of Topliss-reactive ketones (excluding diaryl/α,β-unsaturated/α-hetero) is 1. The first-order chi connectivity index (χ1) is 15.5. The second-order valence-electron chi connectivity index (χ2n) is 7.87. The maximum Gasteiger partial charge on any atom is 0.336 e. The number of dihydropyridines is 1. The molecule has 0 amide bonds. The average molecular weight is 437 g/mol. The Morgan fingerprint density at radius 2 is 1.94 bits per heavy atom. The lowest BCUT2D eigenvalue weighted by molar-refractivity contribution is -0.138. The Morgan fingerprint density at radius 1 is 1.16 bits per heavy atom. The van der Waals surface area contributed by atoms with Crippen molar-refractivity contribution >= 4 is 11.8 Å². The third-order valence-corrected chi connectivity index (χ3v) is 6.01. The first-order valence-corrected chi connectivity index (χ1v) is 10.6. The normalized spacial score (nSPS) is 20.6. The van der Waals surface area contributed by atoms with Crippen molar-refractivity contribution < 1.29 is 28.2 Å². The van der Waals surface area contributed by atoms with E-state index < -0.39 is 11.9 Å². The lowest BCUT2D eigenvalue weighted by atomic mass is 9.72. The number of carbonyl (C=O) groups is 2. The first-order valence-electron chi connectivity index (χ1n) is 10.6.